The summed E-state index contributed by atoms with van der Waals surface area (Å²) in [5.41, 5.74) is 0.341. The first-order valence-electron chi connectivity index (χ1n) is 4.57. The number of benzene rings is 1. The molecule has 0 atom stereocenters. The minimum Gasteiger partial charge on any atom is -0.289 e. The van der Waals surface area contributed by atoms with E-state index in [2.05, 4.69) is 36.4 Å². The molecule has 0 fully saturated rings. The minimum absolute atomic E-state index is 0.133. The summed E-state index contributed by atoms with van der Waals surface area (Å²) in [7, 11) is 0. The zero-order valence-electron chi connectivity index (χ0n) is 8.39. The second kappa shape index (κ2) is 5.20. The largest absolute Gasteiger partial charge is 0.289 e. The lowest BCUT2D eigenvalue weighted by molar-refractivity contribution is 0.102. The number of nitrogens with zero attached hydrogens (tertiary/aromatic N) is 3. The molecule has 7 heteroatoms. The van der Waals surface area contributed by atoms with Crippen LogP contribution in [-0.4, -0.2) is 21.1 Å². The molecule has 17 heavy (non-hydrogen) atoms. The Kier molecular flexibility index (Phi) is 3.65. The number of rotatable bonds is 2. The zero-order valence-corrected chi connectivity index (χ0v) is 10.7. The summed E-state index contributed by atoms with van der Waals surface area (Å²) in [6.07, 6.45) is 2.85. The van der Waals surface area contributed by atoms with Gasteiger partial charge in [-0.1, -0.05) is 27.5 Å². The van der Waals surface area contributed by atoms with Gasteiger partial charge in [0.2, 0.25) is 5.95 Å². The van der Waals surface area contributed by atoms with Gasteiger partial charge in [-0.15, -0.1) is 5.10 Å². The number of amides is 1. The highest BCUT2D eigenvalue weighted by atomic mass is 79.9. The molecule has 1 aromatic heterocycles. The molecule has 1 heterocycles. The molecule has 5 nitrogen and oxygen atoms in total. The minimum atomic E-state index is -0.385. The summed E-state index contributed by atoms with van der Waals surface area (Å²) in [6.45, 7) is 0. The summed E-state index contributed by atoms with van der Waals surface area (Å²) in [5, 5.41) is 10.1. The molecule has 1 aromatic carbocycles. The average Bonchev–Trinajstić information content (AvgIpc) is 2.33. The second-order valence-electron chi connectivity index (χ2n) is 3.04. The van der Waals surface area contributed by atoms with Gasteiger partial charge in [0, 0.05) is 4.47 Å². The van der Waals surface area contributed by atoms with Crippen molar-refractivity contribution in [2.45, 2.75) is 0 Å². The maximum atomic E-state index is 11.9. The molecule has 0 aliphatic carbocycles. The van der Waals surface area contributed by atoms with Crippen molar-refractivity contribution in [2.24, 2.45) is 0 Å². The van der Waals surface area contributed by atoms with Crippen LogP contribution in [0.1, 0.15) is 10.4 Å². The zero-order chi connectivity index (χ0) is 12.3. The van der Waals surface area contributed by atoms with Crippen LogP contribution in [0.4, 0.5) is 5.95 Å². The van der Waals surface area contributed by atoms with E-state index in [4.69, 9.17) is 11.6 Å². The number of anilines is 1. The molecule has 0 spiro atoms. The summed E-state index contributed by atoms with van der Waals surface area (Å²) in [4.78, 5) is 15.7. The molecule has 0 radical (unpaired) electrons. The predicted octanol–water partition coefficient (Wildman–Crippen LogP) is 2.54. The van der Waals surface area contributed by atoms with Crippen LogP contribution in [0.2, 0.25) is 5.02 Å². The van der Waals surface area contributed by atoms with Gasteiger partial charge in [-0.2, -0.15) is 5.10 Å². The van der Waals surface area contributed by atoms with Gasteiger partial charge in [0.1, 0.15) is 0 Å². The first kappa shape index (κ1) is 11.9. The van der Waals surface area contributed by atoms with E-state index < -0.39 is 0 Å². The maximum Gasteiger partial charge on any atom is 0.259 e. The highest BCUT2D eigenvalue weighted by molar-refractivity contribution is 9.10. The molecule has 1 N–H and O–H groups in total. The Hall–Kier alpha value is -1.53. The summed E-state index contributed by atoms with van der Waals surface area (Å²) < 4.78 is 0.763. The summed E-state index contributed by atoms with van der Waals surface area (Å²) in [6, 6.07) is 5.00. The van der Waals surface area contributed by atoms with E-state index in [1.54, 1.807) is 18.2 Å². The van der Waals surface area contributed by atoms with Crippen LogP contribution >= 0.6 is 27.5 Å². The van der Waals surface area contributed by atoms with Crippen molar-refractivity contribution in [2.75, 3.05) is 5.32 Å². The number of nitrogens with one attached hydrogen (secondary N) is 1. The van der Waals surface area contributed by atoms with Gasteiger partial charge in [0.25, 0.3) is 5.91 Å². The standard InChI is InChI=1S/C10H6BrClN4O/c11-6-1-2-8(12)7(5-6)9(17)15-10-13-3-4-14-16-10/h1-5H,(H,13,15,16,17). The lowest BCUT2D eigenvalue weighted by Crippen LogP contribution is -2.14. The maximum absolute atomic E-state index is 11.9. The van der Waals surface area contributed by atoms with Gasteiger partial charge in [0.15, 0.2) is 0 Å². The Labute approximate surface area is 110 Å². The average molecular weight is 314 g/mol. The highest BCUT2D eigenvalue weighted by Gasteiger charge is 2.12. The Morgan fingerprint density at radius 3 is 2.88 bits per heavy atom. The van der Waals surface area contributed by atoms with E-state index in [0.717, 1.165) is 4.47 Å². The fourth-order valence-corrected chi connectivity index (χ4v) is 1.71. The van der Waals surface area contributed by atoms with Gasteiger partial charge in [0.05, 0.1) is 23.0 Å². The highest BCUT2D eigenvalue weighted by Crippen LogP contribution is 2.21. The third-order valence-corrected chi connectivity index (χ3v) is 2.70. The normalized spacial score (nSPS) is 10.0. The van der Waals surface area contributed by atoms with Gasteiger partial charge in [-0.05, 0) is 18.2 Å². The van der Waals surface area contributed by atoms with Crippen molar-refractivity contribution >= 4 is 39.4 Å². The molecule has 86 valence electrons. The predicted molar refractivity (Wildman–Crippen MR) is 66.9 cm³/mol. The number of carbonyl (C=O) groups excluding carboxylic acids is 1. The SMILES string of the molecule is O=C(Nc1nccnn1)c1cc(Br)ccc1Cl. The molecule has 1 amide bonds. The molecule has 2 rings (SSSR count). The van der Waals surface area contributed by atoms with Crippen molar-refractivity contribution < 1.29 is 4.79 Å². The molecule has 0 aliphatic rings. The van der Waals surface area contributed by atoms with E-state index in [0.29, 0.717) is 10.6 Å². The van der Waals surface area contributed by atoms with Gasteiger partial charge >= 0.3 is 0 Å². The smallest absolute Gasteiger partial charge is 0.259 e. The lowest BCUT2D eigenvalue weighted by atomic mass is 10.2. The van der Waals surface area contributed by atoms with E-state index in [1.807, 2.05) is 0 Å². The van der Waals surface area contributed by atoms with Crippen molar-refractivity contribution in [1.29, 1.82) is 0 Å². The number of aromatic nitrogens is 3. The molecule has 0 unspecified atom stereocenters. The first-order valence-corrected chi connectivity index (χ1v) is 5.74. The number of hydrogen-bond acceptors (Lipinski definition) is 4. The monoisotopic (exact) mass is 312 g/mol. The summed E-state index contributed by atoms with van der Waals surface area (Å²) in [5.74, 6) is -0.252. The van der Waals surface area contributed by atoms with Crippen LogP contribution in [0.5, 0.6) is 0 Å². The Morgan fingerprint density at radius 2 is 2.18 bits per heavy atom. The van der Waals surface area contributed by atoms with Crippen molar-refractivity contribution in [1.82, 2.24) is 15.2 Å². The van der Waals surface area contributed by atoms with E-state index in [-0.39, 0.29) is 11.9 Å². The number of carbonyl (C=O) groups is 1. The van der Waals surface area contributed by atoms with Crippen LogP contribution < -0.4 is 5.32 Å². The van der Waals surface area contributed by atoms with Crippen LogP contribution in [-0.2, 0) is 0 Å². The van der Waals surface area contributed by atoms with Crippen LogP contribution in [0.3, 0.4) is 0 Å². The van der Waals surface area contributed by atoms with Crippen LogP contribution in [0.25, 0.3) is 0 Å². The molecule has 0 bridgehead atoms. The van der Waals surface area contributed by atoms with E-state index in [1.165, 1.54) is 12.4 Å². The van der Waals surface area contributed by atoms with Crippen LogP contribution in [0.15, 0.2) is 35.1 Å². The number of hydrogen-bond donors (Lipinski definition) is 1. The molecule has 2 aromatic rings. The number of halogens is 2. The van der Waals surface area contributed by atoms with Gasteiger partial charge in [-0.25, -0.2) is 4.98 Å². The van der Waals surface area contributed by atoms with Crippen LogP contribution in [0, 0.1) is 0 Å². The third kappa shape index (κ3) is 2.98. The van der Waals surface area contributed by atoms with Gasteiger partial charge in [-0.3, -0.25) is 10.1 Å². The molecule has 0 saturated heterocycles. The second-order valence-corrected chi connectivity index (χ2v) is 4.37. The van der Waals surface area contributed by atoms with E-state index in [9.17, 15) is 4.79 Å². The summed E-state index contributed by atoms with van der Waals surface area (Å²) >= 11 is 9.19. The quantitative estimate of drug-likeness (QED) is 0.925. The fourth-order valence-electron chi connectivity index (χ4n) is 1.15. The van der Waals surface area contributed by atoms with Gasteiger partial charge < -0.3 is 0 Å². The Balaban J connectivity index is 2.23. The first-order chi connectivity index (χ1) is 8.16. The third-order valence-electron chi connectivity index (χ3n) is 1.88. The molecule has 0 saturated carbocycles. The molecular formula is C10H6BrClN4O. The topological polar surface area (TPSA) is 67.8 Å². The molecule has 0 aliphatic heterocycles. The Bertz CT molecular complexity index is 549. The Morgan fingerprint density at radius 1 is 1.35 bits per heavy atom. The molecular weight excluding hydrogens is 307 g/mol. The fraction of sp³-hybridized carbons (Fsp3) is 0. The van der Waals surface area contributed by atoms with Crippen molar-refractivity contribution in [3.63, 3.8) is 0 Å². The van der Waals surface area contributed by atoms with Crippen molar-refractivity contribution in [3.8, 4) is 0 Å². The lowest BCUT2D eigenvalue weighted by Gasteiger charge is -2.04. The van der Waals surface area contributed by atoms with E-state index >= 15 is 0 Å². The van der Waals surface area contributed by atoms with Crippen molar-refractivity contribution in [3.05, 3.63) is 45.7 Å².